The van der Waals surface area contributed by atoms with Gasteiger partial charge in [-0.25, -0.2) is 9.37 Å². The van der Waals surface area contributed by atoms with Gasteiger partial charge in [-0.3, -0.25) is 14.6 Å². The molecule has 2 aromatic rings. The Balaban J connectivity index is 1.42. The van der Waals surface area contributed by atoms with Gasteiger partial charge in [-0.2, -0.15) is 0 Å². The maximum absolute atomic E-state index is 13.1. The Morgan fingerprint density at radius 3 is 2.70 bits per heavy atom. The predicted molar refractivity (Wildman–Crippen MR) is 99.9 cm³/mol. The number of hydrogen-bond donors (Lipinski definition) is 1. The number of carbonyl (C=O) groups excluding carboxylic acids is 2. The Morgan fingerprint density at radius 1 is 1.26 bits per heavy atom. The standard InChI is InChI=1S/C19H20ClFN4O2/c20-15-11-14(2-3-16(15)21)24-18(26)4-1-13-5-9-25(10-6-13)19(27)17-12-22-7-8-23-17/h2-3,7-8,11-13H,1,4-6,9-10H2,(H,24,26). The summed E-state index contributed by atoms with van der Waals surface area (Å²) in [7, 11) is 0. The molecule has 1 fully saturated rings. The van der Waals surface area contributed by atoms with Gasteiger partial charge < -0.3 is 10.2 Å². The molecule has 1 saturated heterocycles. The van der Waals surface area contributed by atoms with Crippen molar-refractivity contribution in [1.82, 2.24) is 14.9 Å². The fourth-order valence-corrected chi connectivity index (χ4v) is 3.31. The average molecular weight is 391 g/mol. The minimum Gasteiger partial charge on any atom is -0.337 e. The summed E-state index contributed by atoms with van der Waals surface area (Å²) in [6, 6.07) is 4.10. The van der Waals surface area contributed by atoms with Gasteiger partial charge in [0.15, 0.2) is 0 Å². The fourth-order valence-electron chi connectivity index (χ4n) is 3.13. The Hall–Kier alpha value is -2.54. The number of piperidine rings is 1. The van der Waals surface area contributed by atoms with Gasteiger partial charge in [0.1, 0.15) is 11.5 Å². The average Bonchev–Trinajstić information content (AvgIpc) is 2.70. The van der Waals surface area contributed by atoms with Crippen LogP contribution in [0.5, 0.6) is 0 Å². The monoisotopic (exact) mass is 390 g/mol. The van der Waals surface area contributed by atoms with Gasteiger partial charge in [0.25, 0.3) is 5.91 Å². The first-order valence-electron chi connectivity index (χ1n) is 8.83. The van der Waals surface area contributed by atoms with Crippen molar-refractivity contribution in [1.29, 1.82) is 0 Å². The minimum atomic E-state index is -0.516. The largest absolute Gasteiger partial charge is 0.337 e. The molecule has 0 aliphatic carbocycles. The molecule has 2 heterocycles. The lowest BCUT2D eigenvalue weighted by atomic mass is 9.92. The van der Waals surface area contributed by atoms with E-state index in [1.165, 1.54) is 36.8 Å². The molecule has 6 nitrogen and oxygen atoms in total. The van der Waals surface area contributed by atoms with Gasteiger partial charge >= 0.3 is 0 Å². The van der Waals surface area contributed by atoms with Crippen LogP contribution >= 0.6 is 11.6 Å². The van der Waals surface area contributed by atoms with E-state index < -0.39 is 5.82 Å². The molecule has 1 aliphatic rings. The summed E-state index contributed by atoms with van der Waals surface area (Å²) >= 11 is 5.71. The zero-order valence-electron chi connectivity index (χ0n) is 14.7. The molecule has 0 unspecified atom stereocenters. The molecule has 0 atom stereocenters. The van der Waals surface area contributed by atoms with Gasteiger partial charge in [-0.15, -0.1) is 0 Å². The van der Waals surface area contributed by atoms with Crippen LogP contribution in [0.2, 0.25) is 5.02 Å². The third kappa shape index (κ3) is 5.23. The van der Waals surface area contributed by atoms with Gasteiger partial charge in [0.2, 0.25) is 5.91 Å². The molecule has 0 spiro atoms. The SMILES string of the molecule is O=C(CCC1CCN(C(=O)c2cnccn2)CC1)Nc1ccc(F)c(Cl)c1. The third-order valence-corrected chi connectivity index (χ3v) is 4.96. The van der Waals surface area contributed by atoms with Crippen LogP contribution in [0.4, 0.5) is 10.1 Å². The Kier molecular flexibility index (Phi) is 6.34. The van der Waals surface area contributed by atoms with E-state index in [-0.39, 0.29) is 16.8 Å². The van der Waals surface area contributed by atoms with E-state index in [0.29, 0.717) is 36.8 Å². The molecule has 0 bridgehead atoms. The fraction of sp³-hybridized carbons (Fsp3) is 0.368. The van der Waals surface area contributed by atoms with Crippen molar-refractivity contribution in [2.24, 2.45) is 5.92 Å². The van der Waals surface area contributed by atoms with Crippen LogP contribution in [-0.2, 0) is 4.79 Å². The van der Waals surface area contributed by atoms with E-state index in [2.05, 4.69) is 15.3 Å². The number of carbonyl (C=O) groups is 2. The molecule has 8 heteroatoms. The molecule has 1 aromatic carbocycles. The molecule has 1 N–H and O–H groups in total. The number of aromatic nitrogens is 2. The highest BCUT2D eigenvalue weighted by Gasteiger charge is 2.24. The molecule has 27 heavy (non-hydrogen) atoms. The van der Waals surface area contributed by atoms with E-state index >= 15 is 0 Å². The van der Waals surface area contributed by atoms with Crippen LogP contribution in [0.15, 0.2) is 36.8 Å². The van der Waals surface area contributed by atoms with Gasteiger partial charge in [-0.1, -0.05) is 11.6 Å². The molecule has 2 amide bonds. The topological polar surface area (TPSA) is 75.2 Å². The van der Waals surface area contributed by atoms with Crippen molar-refractivity contribution in [2.75, 3.05) is 18.4 Å². The van der Waals surface area contributed by atoms with Crippen molar-refractivity contribution in [2.45, 2.75) is 25.7 Å². The number of amides is 2. The lowest BCUT2D eigenvalue weighted by molar-refractivity contribution is -0.116. The summed E-state index contributed by atoms with van der Waals surface area (Å²) in [5, 5.41) is 2.71. The zero-order valence-corrected chi connectivity index (χ0v) is 15.5. The summed E-state index contributed by atoms with van der Waals surface area (Å²) in [6.07, 6.45) is 7.33. The highest BCUT2D eigenvalue weighted by atomic mass is 35.5. The smallest absolute Gasteiger partial charge is 0.274 e. The summed E-state index contributed by atoms with van der Waals surface area (Å²) in [6.45, 7) is 1.30. The highest BCUT2D eigenvalue weighted by Crippen LogP contribution is 2.24. The van der Waals surface area contributed by atoms with Crippen LogP contribution in [0.25, 0.3) is 0 Å². The quantitative estimate of drug-likeness (QED) is 0.847. The number of halogens is 2. The van der Waals surface area contributed by atoms with Crippen LogP contribution in [0.1, 0.15) is 36.2 Å². The normalized spacial score (nSPS) is 14.8. The van der Waals surface area contributed by atoms with E-state index in [0.717, 1.165) is 19.3 Å². The predicted octanol–water partition coefficient (Wildman–Crippen LogP) is 3.54. The van der Waals surface area contributed by atoms with E-state index in [9.17, 15) is 14.0 Å². The van der Waals surface area contributed by atoms with Gasteiger partial charge in [0.05, 0.1) is 11.2 Å². The lowest BCUT2D eigenvalue weighted by Gasteiger charge is -2.31. The van der Waals surface area contributed by atoms with Gasteiger partial charge in [-0.05, 0) is 43.4 Å². The van der Waals surface area contributed by atoms with Crippen molar-refractivity contribution < 1.29 is 14.0 Å². The maximum atomic E-state index is 13.1. The number of hydrogen-bond acceptors (Lipinski definition) is 4. The van der Waals surface area contributed by atoms with Crippen LogP contribution in [0.3, 0.4) is 0 Å². The van der Waals surface area contributed by atoms with Crippen LogP contribution in [-0.4, -0.2) is 39.8 Å². The highest BCUT2D eigenvalue weighted by molar-refractivity contribution is 6.31. The summed E-state index contributed by atoms with van der Waals surface area (Å²) < 4.78 is 13.1. The second kappa shape index (κ2) is 8.90. The molecular formula is C19H20ClFN4O2. The molecular weight excluding hydrogens is 371 g/mol. The number of nitrogens with zero attached hydrogens (tertiary/aromatic N) is 3. The van der Waals surface area contributed by atoms with Crippen molar-refractivity contribution >= 4 is 29.1 Å². The Labute approximate surface area is 161 Å². The second-order valence-corrected chi connectivity index (χ2v) is 6.95. The number of anilines is 1. The number of rotatable bonds is 5. The summed E-state index contributed by atoms with van der Waals surface area (Å²) in [4.78, 5) is 34.2. The molecule has 0 radical (unpaired) electrons. The molecule has 1 aromatic heterocycles. The molecule has 0 saturated carbocycles. The Morgan fingerprint density at radius 2 is 2.04 bits per heavy atom. The zero-order chi connectivity index (χ0) is 19.2. The van der Waals surface area contributed by atoms with Crippen molar-refractivity contribution in [3.63, 3.8) is 0 Å². The van der Waals surface area contributed by atoms with Crippen LogP contribution < -0.4 is 5.32 Å². The van der Waals surface area contributed by atoms with E-state index in [4.69, 9.17) is 11.6 Å². The summed E-state index contributed by atoms with van der Waals surface area (Å²) in [5.41, 5.74) is 0.837. The van der Waals surface area contributed by atoms with Gasteiger partial charge in [0, 0.05) is 37.6 Å². The van der Waals surface area contributed by atoms with Crippen LogP contribution in [0, 0.1) is 11.7 Å². The van der Waals surface area contributed by atoms with E-state index in [1.54, 1.807) is 4.90 Å². The first-order valence-corrected chi connectivity index (χ1v) is 9.21. The van der Waals surface area contributed by atoms with E-state index in [1.807, 2.05) is 0 Å². The first kappa shape index (κ1) is 19.2. The number of nitrogens with one attached hydrogen (secondary N) is 1. The van der Waals surface area contributed by atoms with Crippen molar-refractivity contribution in [3.05, 3.63) is 53.3 Å². The second-order valence-electron chi connectivity index (χ2n) is 6.54. The third-order valence-electron chi connectivity index (χ3n) is 4.67. The molecule has 142 valence electrons. The maximum Gasteiger partial charge on any atom is 0.274 e. The molecule has 1 aliphatic heterocycles. The molecule has 3 rings (SSSR count). The lowest BCUT2D eigenvalue weighted by Crippen LogP contribution is -2.39. The number of benzene rings is 1. The number of likely N-dealkylation sites (tertiary alicyclic amines) is 1. The Bertz CT molecular complexity index is 811. The first-order chi connectivity index (χ1) is 13.0. The summed E-state index contributed by atoms with van der Waals surface area (Å²) in [5.74, 6) is -0.362. The van der Waals surface area contributed by atoms with Crippen molar-refractivity contribution in [3.8, 4) is 0 Å². The minimum absolute atomic E-state index is 0.0204.